The average molecular weight is 575 g/mol. The van der Waals surface area contributed by atoms with Gasteiger partial charge in [0, 0.05) is 25.2 Å². The number of nitrogens with zero attached hydrogens (tertiary/aromatic N) is 3. The first kappa shape index (κ1) is 24.4. The van der Waals surface area contributed by atoms with E-state index in [-0.39, 0.29) is 59.5 Å². The SMILES string of the molecule is CCNC(=NCc1coc(-c2ccccc2)n1)NCCCN1C(=O)C2C3C=CC(C3)C2C1=O.I. The Balaban J connectivity index is 0.00000274. The lowest BCUT2D eigenvalue weighted by molar-refractivity contribution is -0.140. The lowest BCUT2D eigenvalue weighted by Crippen LogP contribution is -2.40. The van der Waals surface area contributed by atoms with E-state index in [1.54, 1.807) is 6.26 Å². The summed E-state index contributed by atoms with van der Waals surface area (Å²) in [6.07, 6.45) is 7.51. The van der Waals surface area contributed by atoms with Crippen LogP contribution >= 0.6 is 24.0 Å². The van der Waals surface area contributed by atoms with Gasteiger partial charge >= 0.3 is 0 Å². The normalized spacial score (nSPS) is 25.0. The monoisotopic (exact) mass is 575 g/mol. The fourth-order valence-electron chi connectivity index (χ4n) is 5.22. The van der Waals surface area contributed by atoms with Gasteiger partial charge in [0.1, 0.15) is 12.0 Å². The molecule has 8 nitrogen and oxygen atoms in total. The third-order valence-electron chi connectivity index (χ3n) is 6.73. The Bertz CT molecular complexity index is 1050. The van der Waals surface area contributed by atoms with E-state index < -0.39 is 0 Å². The van der Waals surface area contributed by atoms with Gasteiger partial charge in [-0.1, -0.05) is 30.4 Å². The van der Waals surface area contributed by atoms with E-state index in [1.807, 2.05) is 37.3 Å². The van der Waals surface area contributed by atoms with Crippen LogP contribution in [0.1, 0.15) is 25.5 Å². The maximum Gasteiger partial charge on any atom is 0.233 e. The molecule has 1 aliphatic heterocycles. The highest BCUT2D eigenvalue weighted by atomic mass is 127. The molecule has 9 heteroatoms. The molecule has 2 amide bonds. The molecule has 0 spiro atoms. The Hall–Kier alpha value is -2.69. The van der Waals surface area contributed by atoms with Gasteiger partial charge in [0.2, 0.25) is 17.7 Å². The zero-order chi connectivity index (χ0) is 22.8. The van der Waals surface area contributed by atoms with Crippen molar-refractivity contribution in [2.45, 2.75) is 26.3 Å². The van der Waals surface area contributed by atoms with Crippen molar-refractivity contribution in [2.75, 3.05) is 19.6 Å². The fourth-order valence-corrected chi connectivity index (χ4v) is 5.22. The second kappa shape index (κ2) is 10.7. The van der Waals surface area contributed by atoms with Gasteiger partial charge in [-0.25, -0.2) is 9.98 Å². The summed E-state index contributed by atoms with van der Waals surface area (Å²) in [7, 11) is 0. The molecular weight excluding hydrogens is 545 g/mol. The first-order chi connectivity index (χ1) is 16.2. The van der Waals surface area contributed by atoms with E-state index in [2.05, 4.69) is 32.8 Å². The molecule has 1 saturated heterocycles. The number of halogens is 1. The number of amides is 2. The summed E-state index contributed by atoms with van der Waals surface area (Å²) in [5.41, 5.74) is 1.67. The summed E-state index contributed by atoms with van der Waals surface area (Å²) in [5, 5.41) is 6.50. The summed E-state index contributed by atoms with van der Waals surface area (Å²) in [6.45, 7) is 4.16. The van der Waals surface area contributed by atoms with E-state index >= 15 is 0 Å². The largest absolute Gasteiger partial charge is 0.444 e. The lowest BCUT2D eigenvalue weighted by Gasteiger charge is -2.18. The molecule has 2 aromatic rings. The number of aromatic nitrogens is 1. The molecule has 2 aliphatic carbocycles. The molecular formula is C25H30IN5O3. The molecule has 1 aromatic heterocycles. The molecule has 2 bridgehead atoms. The van der Waals surface area contributed by atoms with E-state index in [9.17, 15) is 9.59 Å². The first-order valence-electron chi connectivity index (χ1n) is 11.7. The number of guanidine groups is 1. The number of oxazole rings is 1. The van der Waals surface area contributed by atoms with Crippen molar-refractivity contribution < 1.29 is 14.0 Å². The molecule has 3 aliphatic rings. The van der Waals surface area contributed by atoms with E-state index in [1.165, 1.54) is 4.90 Å². The molecule has 4 atom stereocenters. The minimum absolute atomic E-state index is 0. The number of rotatable bonds is 8. The van der Waals surface area contributed by atoms with E-state index in [0.29, 0.717) is 37.9 Å². The summed E-state index contributed by atoms with van der Waals surface area (Å²) in [5.74, 6) is 1.54. The van der Waals surface area contributed by atoms with Gasteiger partial charge in [0.25, 0.3) is 0 Å². The highest BCUT2D eigenvalue weighted by Crippen LogP contribution is 2.52. The van der Waals surface area contributed by atoms with Crippen LogP contribution in [-0.4, -0.2) is 47.3 Å². The van der Waals surface area contributed by atoms with Crippen molar-refractivity contribution in [3.05, 3.63) is 54.4 Å². The second-order valence-electron chi connectivity index (χ2n) is 8.81. The minimum Gasteiger partial charge on any atom is -0.444 e. The molecule has 180 valence electrons. The van der Waals surface area contributed by atoms with Crippen LogP contribution in [0.15, 0.2) is 58.2 Å². The molecule has 2 fully saturated rings. The maximum atomic E-state index is 12.8. The number of hydrogen-bond donors (Lipinski definition) is 2. The summed E-state index contributed by atoms with van der Waals surface area (Å²) >= 11 is 0. The van der Waals surface area contributed by atoms with Crippen molar-refractivity contribution in [3.8, 4) is 11.5 Å². The smallest absolute Gasteiger partial charge is 0.233 e. The van der Waals surface area contributed by atoms with Gasteiger partial charge in [0.05, 0.1) is 18.4 Å². The fraction of sp³-hybridized carbons (Fsp3) is 0.440. The van der Waals surface area contributed by atoms with Crippen LogP contribution in [0.2, 0.25) is 0 Å². The molecule has 1 aromatic carbocycles. The number of aliphatic imine (C=N–C) groups is 1. The van der Waals surface area contributed by atoms with Crippen LogP contribution in [-0.2, 0) is 16.1 Å². The Labute approximate surface area is 216 Å². The lowest BCUT2D eigenvalue weighted by atomic mass is 9.85. The van der Waals surface area contributed by atoms with Gasteiger partial charge in [0.15, 0.2) is 5.96 Å². The standard InChI is InChI=1S/C25H29N5O3.HI/c1-2-26-25(28-14-19-15-33-22(29-19)16-7-4-3-5-8-16)27-11-6-12-30-23(31)20-17-9-10-18(13-17)21(20)24(30)32;/h3-5,7-10,15,17-18,20-21H,2,6,11-14H2,1H3,(H2,26,27,28);1H. The number of imide groups is 1. The zero-order valence-corrected chi connectivity index (χ0v) is 21.5. The number of hydrogen-bond acceptors (Lipinski definition) is 5. The van der Waals surface area contributed by atoms with Crippen molar-refractivity contribution in [2.24, 2.45) is 28.7 Å². The zero-order valence-electron chi connectivity index (χ0n) is 19.1. The summed E-state index contributed by atoms with van der Waals surface area (Å²) in [4.78, 5) is 36.1. The predicted molar refractivity (Wildman–Crippen MR) is 139 cm³/mol. The third kappa shape index (κ3) is 4.75. The van der Waals surface area contributed by atoms with Gasteiger partial charge < -0.3 is 15.1 Å². The van der Waals surface area contributed by atoms with Crippen molar-refractivity contribution in [1.29, 1.82) is 0 Å². The van der Waals surface area contributed by atoms with Crippen LogP contribution in [0, 0.1) is 23.7 Å². The number of allylic oxidation sites excluding steroid dienone is 2. The van der Waals surface area contributed by atoms with E-state index in [4.69, 9.17) is 4.42 Å². The number of fused-ring (bicyclic) bond motifs is 5. The van der Waals surface area contributed by atoms with Crippen LogP contribution in [0.4, 0.5) is 0 Å². The number of likely N-dealkylation sites (tertiary alicyclic amines) is 1. The van der Waals surface area contributed by atoms with Gasteiger partial charge in [-0.2, -0.15) is 0 Å². The van der Waals surface area contributed by atoms with Crippen LogP contribution in [0.25, 0.3) is 11.5 Å². The number of carbonyl (C=O) groups excluding carboxylic acids is 2. The highest BCUT2D eigenvalue weighted by Gasteiger charge is 2.58. The predicted octanol–water partition coefficient (Wildman–Crippen LogP) is 3.21. The van der Waals surface area contributed by atoms with Crippen molar-refractivity contribution >= 4 is 41.8 Å². The summed E-state index contributed by atoms with van der Waals surface area (Å²) < 4.78 is 5.57. The summed E-state index contributed by atoms with van der Waals surface area (Å²) in [6, 6.07) is 9.75. The maximum absolute atomic E-state index is 12.8. The molecule has 1 saturated carbocycles. The Morgan fingerprint density at radius 2 is 1.82 bits per heavy atom. The van der Waals surface area contributed by atoms with Crippen molar-refractivity contribution in [3.63, 3.8) is 0 Å². The minimum atomic E-state index is -0.123. The second-order valence-corrected chi connectivity index (χ2v) is 8.81. The third-order valence-corrected chi connectivity index (χ3v) is 6.73. The van der Waals surface area contributed by atoms with E-state index in [0.717, 1.165) is 24.2 Å². The molecule has 5 rings (SSSR count). The molecule has 2 N–H and O–H groups in total. The number of nitrogens with one attached hydrogen (secondary N) is 2. The highest BCUT2D eigenvalue weighted by molar-refractivity contribution is 14.0. The van der Waals surface area contributed by atoms with Crippen LogP contribution in [0.3, 0.4) is 0 Å². The van der Waals surface area contributed by atoms with Gasteiger partial charge in [-0.15, -0.1) is 24.0 Å². The Morgan fingerprint density at radius 3 is 2.50 bits per heavy atom. The van der Waals surface area contributed by atoms with Crippen molar-refractivity contribution in [1.82, 2.24) is 20.5 Å². The van der Waals surface area contributed by atoms with Crippen LogP contribution < -0.4 is 10.6 Å². The van der Waals surface area contributed by atoms with Gasteiger partial charge in [-0.05, 0) is 43.7 Å². The molecule has 2 heterocycles. The molecule has 34 heavy (non-hydrogen) atoms. The Kier molecular flexibility index (Phi) is 7.70. The first-order valence-corrected chi connectivity index (χ1v) is 11.7. The molecule has 4 unspecified atom stereocenters. The Morgan fingerprint density at radius 1 is 1.12 bits per heavy atom. The molecule has 0 radical (unpaired) electrons. The van der Waals surface area contributed by atoms with Gasteiger partial charge in [-0.3, -0.25) is 14.5 Å². The number of carbonyl (C=O) groups is 2. The number of benzene rings is 1. The topological polar surface area (TPSA) is 99.8 Å². The quantitative estimate of drug-likeness (QED) is 0.125. The van der Waals surface area contributed by atoms with Crippen LogP contribution in [0.5, 0.6) is 0 Å². The average Bonchev–Trinajstić information content (AvgIpc) is 3.61.